The molecular formula is C22H32N4O. The lowest BCUT2D eigenvalue weighted by atomic mass is 9.71. The number of aromatic nitrogens is 2. The number of H-pyrrole nitrogens is 1. The van der Waals surface area contributed by atoms with Crippen molar-refractivity contribution in [1.29, 1.82) is 0 Å². The first kappa shape index (κ1) is 18.7. The second-order valence-corrected chi connectivity index (χ2v) is 8.59. The number of benzene rings is 1. The molecule has 5 nitrogen and oxygen atoms in total. The molecule has 1 unspecified atom stereocenters. The van der Waals surface area contributed by atoms with Crippen LogP contribution in [-0.2, 0) is 13.1 Å². The maximum Gasteiger partial charge on any atom is 0.0639 e. The van der Waals surface area contributed by atoms with Crippen molar-refractivity contribution in [3.8, 4) is 0 Å². The van der Waals surface area contributed by atoms with Gasteiger partial charge in [0.2, 0.25) is 0 Å². The SMILES string of the molecule is Cc1n[nH]c(C)c1CN1CCC2(CC1)CN(Cc1ccccc1)CC2CO. The van der Waals surface area contributed by atoms with Crippen molar-refractivity contribution in [2.75, 3.05) is 32.8 Å². The summed E-state index contributed by atoms with van der Waals surface area (Å²) >= 11 is 0. The minimum atomic E-state index is 0.278. The first-order valence-electron chi connectivity index (χ1n) is 10.2. The molecule has 2 N–H and O–H groups in total. The number of hydrogen-bond donors (Lipinski definition) is 2. The Morgan fingerprint density at radius 2 is 1.85 bits per heavy atom. The number of rotatable bonds is 5. The van der Waals surface area contributed by atoms with E-state index in [9.17, 15) is 5.11 Å². The summed E-state index contributed by atoms with van der Waals surface area (Å²) in [6.07, 6.45) is 2.36. The number of aromatic amines is 1. The third-order valence-electron chi connectivity index (χ3n) is 6.87. The molecule has 2 aliphatic rings. The third kappa shape index (κ3) is 3.82. The van der Waals surface area contributed by atoms with Gasteiger partial charge in [0.15, 0.2) is 0 Å². The van der Waals surface area contributed by atoms with Crippen LogP contribution in [0.4, 0.5) is 0 Å². The van der Waals surface area contributed by atoms with Crippen molar-refractivity contribution < 1.29 is 5.11 Å². The fourth-order valence-electron chi connectivity index (χ4n) is 5.11. The van der Waals surface area contributed by atoms with Gasteiger partial charge in [-0.05, 0) is 50.8 Å². The summed E-state index contributed by atoms with van der Waals surface area (Å²) in [7, 11) is 0. The molecule has 1 aromatic carbocycles. The van der Waals surface area contributed by atoms with Gasteiger partial charge in [0.05, 0.1) is 5.69 Å². The van der Waals surface area contributed by atoms with Gasteiger partial charge < -0.3 is 5.11 Å². The van der Waals surface area contributed by atoms with Crippen LogP contribution in [0.25, 0.3) is 0 Å². The summed E-state index contributed by atoms with van der Waals surface area (Å²) in [6, 6.07) is 10.7. The van der Waals surface area contributed by atoms with E-state index in [1.54, 1.807) is 0 Å². The van der Waals surface area contributed by atoms with E-state index in [1.165, 1.54) is 29.7 Å². The number of likely N-dealkylation sites (tertiary alicyclic amines) is 2. The Labute approximate surface area is 162 Å². The van der Waals surface area contributed by atoms with E-state index < -0.39 is 0 Å². The van der Waals surface area contributed by atoms with Crippen LogP contribution >= 0.6 is 0 Å². The number of aliphatic hydroxyl groups excluding tert-OH is 1. The Morgan fingerprint density at radius 1 is 1.11 bits per heavy atom. The van der Waals surface area contributed by atoms with E-state index in [-0.39, 0.29) is 5.41 Å². The number of nitrogens with one attached hydrogen (secondary N) is 1. The van der Waals surface area contributed by atoms with Gasteiger partial charge in [0, 0.05) is 50.0 Å². The molecule has 0 amide bonds. The molecule has 2 aromatic rings. The summed E-state index contributed by atoms with van der Waals surface area (Å²) in [4.78, 5) is 5.11. The zero-order chi connectivity index (χ0) is 18.9. The van der Waals surface area contributed by atoms with Gasteiger partial charge in [-0.15, -0.1) is 0 Å². The molecule has 1 spiro atoms. The van der Waals surface area contributed by atoms with Gasteiger partial charge >= 0.3 is 0 Å². The molecule has 2 aliphatic heterocycles. The summed E-state index contributed by atoms with van der Waals surface area (Å²) < 4.78 is 0. The molecule has 5 heteroatoms. The largest absolute Gasteiger partial charge is 0.396 e. The van der Waals surface area contributed by atoms with Gasteiger partial charge in [0.1, 0.15) is 0 Å². The molecule has 0 radical (unpaired) electrons. The summed E-state index contributed by atoms with van der Waals surface area (Å²) in [6.45, 7) is 10.9. The second kappa shape index (κ2) is 7.74. The normalized spacial score (nSPS) is 23.3. The van der Waals surface area contributed by atoms with Crippen LogP contribution in [0.15, 0.2) is 30.3 Å². The Bertz CT molecular complexity index is 729. The van der Waals surface area contributed by atoms with Gasteiger partial charge in [-0.2, -0.15) is 5.10 Å². The van der Waals surface area contributed by atoms with E-state index in [4.69, 9.17) is 0 Å². The van der Waals surface area contributed by atoms with Crippen molar-refractivity contribution in [3.63, 3.8) is 0 Å². The fourth-order valence-corrected chi connectivity index (χ4v) is 5.11. The van der Waals surface area contributed by atoms with Crippen molar-refractivity contribution in [1.82, 2.24) is 20.0 Å². The Kier molecular flexibility index (Phi) is 5.35. The van der Waals surface area contributed by atoms with Gasteiger partial charge in [-0.25, -0.2) is 0 Å². The maximum atomic E-state index is 10.1. The highest BCUT2D eigenvalue weighted by Gasteiger charge is 2.47. The smallest absolute Gasteiger partial charge is 0.0639 e. The number of piperidine rings is 1. The molecule has 2 saturated heterocycles. The van der Waals surface area contributed by atoms with Crippen LogP contribution in [0.2, 0.25) is 0 Å². The lowest BCUT2D eigenvalue weighted by Gasteiger charge is -2.42. The van der Waals surface area contributed by atoms with Crippen molar-refractivity contribution in [3.05, 3.63) is 52.8 Å². The summed E-state index contributed by atoms with van der Waals surface area (Å²) in [5, 5.41) is 17.5. The molecule has 4 rings (SSSR count). The first-order chi connectivity index (χ1) is 13.1. The van der Waals surface area contributed by atoms with E-state index in [0.29, 0.717) is 12.5 Å². The average Bonchev–Trinajstić information content (AvgIpc) is 3.18. The number of aryl methyl sites for hydroxylation is 2. The second-order valence-electron chi connectivity index (χ2n) is 8.59. The predicted octanol–water partition coefficient (Wildman–Crippen LogP) is 2.73. The first-order valence-corrected chi connectivity index (χ1v) is 10.2. The zero-order valence-electron chi connectivity index (χ0n) is 16.6. The molecule has 0 bridgehead atoms. The Balaban J connectivity index is 1.38. The zero-order valence-corrected chi connectivity index (χ0v) is 16.6. The predicted molar refractivity (Wildman–Crippen MR) is 107 cm³/mol. The van der Waals surface area contributed by atoms with Crippen LogP contribution < -0.4 is 0 Å². The minimum Gasteiger partial charge on any atom is -0.396 e. The van der Waals surface area contributed by atoms with Crippen molar-refractivity contribution >= 4 is 0 Å². The number of aliphatic hydroxyl groups is 1. The molecule has 0 saturated carbocycles. The molecule has 146 valence electrons. The fraction of sp³-hybridized carbons (Fsp3) is 0.591. The van der Waals surface area contributed by atoms with Crippen LogP contribution in [0.5, 0.6) is 0 Å². The Hall–Kier alpha value is -1.69. The Morgan fingerprint density at radius 3 is 2.48 bits per heavy atom. The van der Waals surface area contributed by atoms with Gasteiger partial charge in [-0.3, -0.25) is 14.9 Å². The third-order valence-corrected chi connectivity index (χ3v) is 6.87. The quantitative estimate of drug-likeness (QED) is 0.852. The molecule has 0 aliphatic carbocycles. The van der Waals surface area contributed by atoms with E-state index >= 15 is 0 Å². The van der Waals surface area contributed by atoms with Crippen LogP contribution in [0.3, 0.4) is 0 Å². The van der Waals surface area contributed by atoms with Gasteiger partial charge in [-0.1, -0.05) is 30.3 Å². The van der Waals surface area contributed by atoms with E-state index in [0.717, 1.165) is 45.0 Å². The average molecular weight is 369 g/mol. The van der Waals surface area contributed by atoms with Crippen molar-refractivity contribution in [2.45, 2.75) is 39.8 Å². The number of nitrogens with zero attached hydrogens (tertiary/aromatic N) is 3. The topological polar surface area (TPSA) is 55.4 Å². The lowest BCUT2D eigenvalue weighted by molar-refractivity contribution is 0.0481. The van der Waals surface area contributed by atoms with Crippen LogP contribution in [0, 0.1) is 25.2 Å². The van der Waals surface area contributed by atoms with Crippen molar-refractivity contribution in [2.24, 2.45) is 11.3 Å². The van der Waals surface area contributed by atoms with Crippen LogP contribution in [-0.4, -0.2) is 57.9 Å². The molecule has 2 fully saturated rings. The van der Waals surface area contributed by atoms with Gasteiger partial charge in [0.25, 0.3) is 0 Å². The highest BCUT2D eigenvalue weighted by molar-refractivity contribution is 5.23. The lowest BCUT2D eigenvalue weighted by Crippen LogP contribution is -2.44. The highest BCUT2D eigenvalue weighted by atomic mass is 16.3. The standard InChI is InChI=1S/C22H32N4O/c1-17-21(18(2)24-23-17)14-25-10-8-22(9-11-25)16-26(13-20(22)15-27)12-19-6-4-3-5-7-19/h3-7,20,27H,8-16H2,1-2H3,(H,23,24). The molecule has 1 aromatic heterocycles. The number of hydrogen-bond acceptors (Lipinski definition) is 4. The monoisotopic (exact) mass is 368 g/mol. The molecule has 1 atom stereocenters. The van der Waals surface area contributed by atoms with E-state index in [2.05, 4.69) is 64.2 Å². The van der Waals surface area contributed by atoms with Crippen LogP contribution in [0.1, 0.15) is 35.4 Å². The minimum absolute atomic E-state index is 0.278. The maximum absolute atomic E-state index is 10.1. The molecule has 27 heavy (non-hydrogen) atoms. The highest BCUT2D eigenvalue weighted by Crippen LogP contribution is 2.45. The summed E-state index contributed by atoms with van der Waals surface area (Å²) in [5.41, 5.74) is 5.31. The summed E-state index contributed by atoms with van der Waals surface area (Å²) in [5.74, 6) is 0.403. The molecule has 3 heterocycles. The van der Waals surface area contributed by atoms with E-state index in [1.807, 2.05) is 0 Å². The molecular weight excluding hydrogens is 336 g/mol.